The van der Waals surface area contributed by atoms with Gasteiger partial charge in [-0.3, -0.25) is 15.0 Å². The molecule has 4 rings (SSSR count). The zero-order chi connectivity index (χ0) is 32.7. The monoisotopic (exact) mass is 617 g/mol. The smallest absolute Gasteiger partial charge is 0.490 e. The minimum atomic E-state index is -5.09. The maximum Gasteiger partial charge on any atom is 0.490 e. The van der Waals surface area contributed by atoms with Crippen molar-refractivity contribution in [2.24, 2.45) is 0 Å². The fourth-order valence-corrected chi connectivity index (χ4v) is 5.57. The molecule has 2 aliphatic heterocycles. The molecule has 44 heavy (non-hydrogen) atoms. The number of nitrogens with zero attached hydrogens (tertiary/aromatic N) is 3. The molecule has 1 atom stereocenters. The first-order chi connectivity index (χ1) is 20.5. The number of nitrogens with one attached hydrogen (secondary N) is 2. The van der Waals surface area contributed by atoms with Crippen LogP contribution < -0.4 is 19.9 Å². The molecular formula is C31H38F3N5O5. The fourth-order valence-electron chi connectivity index (χ4n) is 5.57. The number of benzene rings is 2. The highest BCUT2D eigenvalue weighted by Gasteiger charge is 2.43. The zero-order valence-corrected chi connectivity index (χ0v) is 25.9. The number of methoxy groups -OCH3 is 1. The average molecular weight is 618 g/mol. The molecule has 1 unspecified atom stereocenters. The van der Waals surface area contributed by atoms with Gasteiger partial charge in [0.1, 0.15) is 17.7 Å². The summed E-state index contributed by atoms with van der Waals surface area (Å²) in [6, 6.07) is 6.93. The molecule has 2 aliphatic rings. The molecule has 238 valence electrons. The average Bonchev–Trinajstić information content (AvgIpc) is 3.53. The third-order valence-electron chi connectivity index (χ3n) is 7.84. The van der Waals surface area contributed by atoms with Crippen LogP contribution in [-0.4, -0.2) is 88.6 Å². The molecule has 2 N–H and O–H groups in total. The number of alkyl halides is 3. The number of carbonyl (C=O) groups is 3. The number of ether oxygens (including phenoxy) is 2. The van der Waals surface area contributed by atoms with E-state index in [9.17, 15) is 27.6 Å². The van der Waals surface area contributed by atoms with E-state index in [-0.39, 0.29) is 37.0 Å². The predicted octanol–water partition coefficient (Wildman–Crippen LogP) is 4.13. The lowest BCUT2D eigenvalue weighted by atomic mass is 9.84. The number of anilines is 2. The zero-order valence-electron chi connectivity index (χ0n) is 25.9. The lowest BCUT2D eigenvalue weighted by molar-refractivity contribution is -0.203. The van der Waals surface area contributed by atoms with Crippen molar-refractivity contribution in [1.29, 1.82) is 5.41 Å². The largest absolute Gasteiger partial charge is 0.494 e. The number of carbonyl (C=O) groups excluding carboxylic acids is 3. The van der Waals surface area contributed by atoms with Gasteiger partial charge < -0.3 is 29.5 Å². The third kappa shape index (κ3) is 6.46. The number of amidine groups is 1. The quantitative estimate of drug-likeness (QED) is 0.336. The summed E-state index contributed by atoms with van der Waals surface area (Å²) in [5.74, 6) is -2.17. The number of halogens is 3. The van der Waals surface area contributed by atoms with Crippen molar-refractivity contribution in [3.63, 3.8) is 0 Å². The van der Waals surface area contributed by atoms with Crippen LogP contribution in [0.1, 0.15) is 64.6 Å². The van der Waals surface area contributed by atoms with Gasteiger partial charge in [0.2, 0.25) is 0 Å². The van der Waals surface area contributed by atoms with Crippen molar-refractivity contribution in [2.45, 2.75) is 51.4 Å². The highest BCUT2D eigenvalue weighted by Crippen LogP contribution is 2.42. The number of hydrogen-bond donors (Lipinski definition) is 2. The molecule has 2 aromatic rings. The Balaban J connectivity index is 1.63. The summed E-state index contributed by atoms with van der Waals surface area (Å²) in [7, 11) is 6.68. The number of rotatable bonds is 8. The molecular weight excluding hydrogens is 579 g/mol. The molecule has 1 saturated heterocycles. The summed E-state index contributed by atoms with van der Waals surface area (Å²) in [5.41, 5.74) is 3.64. The molecule has 1 fully saturated rings. The van der Waals surface area contributed by atoms with Crippen LogP contribution in [0.3, 0.4) is 0 Å². The Morgan fingerprint density at radius 1 is 1.11 bits per heavy atom. The van der Waals surface area contributed by atoms with Gasteiger partial charge in [0.15, 0.2) is 5.78 Å². The van der Waals surface area contributed by atoms with Gasteiger partial charge in [0.25, 0.3) is 5.91 Å². The van der Waals surface area contributed by atoms with Crippen LogP contribution in [0.4, 0.5) is 24.5 Å². The van der Waals surface area contributed by atoms with E-state index >= 15 is 0 Å². The first-order valence-corrected chi connectivity index (χ1v) is 14.1. The summed E-state index contributed by atoms with van der Waals surface area (Å²) in [6.07, 6.45) is -5.87. The van der Waals surface area contributed by atoms with Gasteiger partial charge in [-0.15, -0.1) is 0 Å². The van der Waals surface area contributed by atoms with Gasteiger partial charge in [0, 0.05) is 63.0 Å². The van der Waals surface area contributed by atoms with Crippen LogP contribution in [0, 0.1) is 5.41 Å². The Morgan fingerprint density at radius 3 is 2.36 bits per heavy atom. The summed E-state index contributed by atoms with van der Waals surface area (Å²) in [6.45, 7) is 6.37. The molecule has 10 nitrogen and oxygen atoms in total. The Bertz CT molecular complexity index is 1500. The van der Waals surface area contributed by atoms with Crippen LogP contribution in [0.15, 0.2) is 24.3 Å². The Hall–Kier alpha value is -4.29. The van der Waals surface area contributed by atoms with E-state index in [1.54, 1.807) is 28.0 Å². The number of hydrogen-bond acceptors (Lipinski definition) is 8. The van der Waals surface area contributed by atoms with Gasteiger partial charge in [0.05, 0.1) is 31.5 Å². The normalized spacial score (nSPS) is 16.6. The molecule has 2 heterocycles. The molecule has 13 heteroatoms. The highest BCUT2D eigenvalue weighted by molar-refractivity contribution is 6.08. The summed E-state index contributed by atoms with van der Waals surface area (Å²) < 4.78 is 48.8. The third-order valence-corrected chi connectivity index (χ3v) is 7.84. The van der Waals surface area contributed by atoms with Crippen molar-refractivity contribution in [1.82, 2.24) is 10.2 Å². The molecule has 0 spiro atoms. The Morgan fingerprint density at radius 2 is 1.80 bits per heavy atom. The summed E-state index contributed by atoms with van der Waals surface area (Å²) in [4.78, 5) is 43.0. The van der Waals surface area contributed by atoms with Gasteiger partial charge in [-0.05, 0) is 35.2 Å². The van der Waals surface area contributed by atoms with E-state index in [0.717, 1.165) is 11.1 Å². The number of Topliss-reactive ketones (excluding diaryl/α,β-unsaturated/α-hetero) is 1. The van der Waals surface area contributed by atoms with Crippen LogP contribution >= 0.6 is 0 Å². The predicted molar refractivity (Wildman–Crippen MR) is 160 cm³/mol. The molecule has 0 saturated carbocycles. The second-order valence-corrected chi connectivity index (χ2v) is 12.2. The molecule has 0 aliphatic carbocycles. The van der Waals surface area contributed by atoms with Crippen molar-refractivity contribution in [2.75, 3.05) is 57.7 Å². The molecule has 2 aromatic carbocycles. The minimum Gasteiger partial charge on any atom is -0.494 e. The van der Waals surface area contributed by atoms with Crippen LogP contribution in [0.5, 0.6) is 5.75 Å². The van der Waals surface area contributed by atoms with E-state index in [2.05, 4.69) is 10.1 Å². The summed E-state index contributed by atoms with van der Waals surface area (Å²) in [5, 5.41) is 11.4. The maximum atomic E-state index is 13.8. The van der Waals surface area contributed by atoms with E-state index in [4.69, 9.17) is 10.1 Å². The first kappa shape index (κ1) is 32.6. The molecule has 0 aromatic heterocycles. The van der Waals surface area contributed by atoms with Crippen molar-refractivity contribution >= 4 is 34.9 Å². The molecule has 0 radical (unpaired) electrons. The van der Waals surface area contributed by atoms with E-state index in [1.165, 1.54) is 14.2 Å². The van der Waals surface area contributed by atoms with E-state index in [0.29, 0.717) is 46.9 Å². The number of fused-ring (bicyclic) bond motifs is 1. The SMILES string of the molecule is CNC(=O)c1cc2c(cc1N(C)C)CN(CC(=O)c1cc(N3CCC(OC(=O)C(F)(F)F)C3)c(OC)c(C(C)(C)C)c1)C2=N. The molecule has 0 bridgehead atoms. The Labute approximate surface area is 254 Å². The Kier molecular flexibility index (Phi) is 8.90. The van der Waals surface area contributed by atoms with Crippen LogP contribution in [-0.2, 0) is 21.5 Å². The maximum absolute atomic E-state index is 13.8. The van der Waals surface area contributed by atoms with Crippen LogP contribution in [0.25, 0.3) is 0 Å². The first-order valence-electron chi connectivity index (χ1n) is 14.1. The van der Waals surface area contributed by atoms with E-state index < -0.39 is 23.7 Å². The van der Waals surface area contributed by atoms with Gasteiger partial charge >= 0.3 is 12.1 Å². The lowest BCUT2D eigenvalue weighted by Crippen LogP contribution is -2.32. The van der Waals surface area contributed by atoms with E-state index in [1.807, 2.05) is 45.8 Å². The lowest BCUT2D eigenvalue weighted by Gasteiger charge is -2.29. The second-order valence-electron chi connectivity index (χ2n) is 12.2. The number of esters is 1. The second kappa shape index (κ2) is 12.0. The van der Waals surface area contributed by atoms with Crippen molar-refractivity contribution in [3.05, 3.63) is 52.1 Å². The summed E-state index contributed by atoms with van der Waals surface area (Å²) >= 11 is 0. The number of amides is 1. The van der Waals surface area contributed by atoms with Crippen LogP contribution in [0.2, 0.25) is 0 Å². The minimum absolute atomic E-state index is 0.00731. The fraction of sp³-hybridized carbons (Fsp3) is 0.484. The standard InChI is InChI=1S/C31H38F3N5O5/c1-30(2,3)22-10-17(11-24(26(22)43-7)38-9-8-19(15-38)44-29(42)31(32,33)34)25(40)16-39-14-18-12-23(37(5)6)21(28(41)36-4)13-20(18)27(39)35/h10-13,19,35H,8-9,14-16H2,1-7H3,(H,36,41). The van der Waals surface area contributed by atoms with Gasteiger partial charge in [-0.1, -0.05) is 20.8 Å². The molecule has 1 amide bonds. The highest BCUT2D eigenvalue weighted by atomic mass is 19.4. The topological polar surface area (TPSA) is 115 Å². The van der Waals surface area contributed by atoms with Gasteiger partial charge in [-0.2, -0.15) is 13.2 Å². The van der Waals surface area contributed by atoms with Crippen molar-refractivity contribution in [3.8, 4) is 5.75 Å². The van der Waals surface area contributed by atoms with Crippen molar-refractivity contribution < 1.29 is 37.0 Å². The number of ketones is 1. The van der Waals surface area contributed by atoms with Gasteiger partial charge in [-0.25, -0.2) is 4.79 Å².